The van der Waals surface area contributed by atoms with Gasteiger partial charge in [0, 0.05) is 5.41 Å². The van der Waals surface area contributed by atoms with Gasteiger partial charge in [0.15, 0.2) is 48.9 Å². The highest BCUT2D eigenvalue weighted by Gasteiger charge is 3.09. The molecule has 4 saturated carbocycles. The van der Waals surface area contributed by atoms with Crippen molar-refractivity contribution in [3.8, 4) is 0 Å². The van der Waals surface area contributed by atoms with Crippen molar-refractivity contribution in [2.45, 2.75) is 175 Å². The van der Waals surface area contributed by atoms with Crippen LogP contribution in [-0.2, 0) is 24.7 Å². The van der Waals surface area contributed by atoms with Crippen molar-refractivity contribution in [1.82, 2.24) is 0 Å². The lowest BCUT2D eigenvalue weighted by Crippen LogP contribution is -2.00. The topological polar surface area (TPSA) is 154 Å². The first-order valence-electron chi connectivity index (χ1n) is 40.4. The largest absolute Gasteiger partial charge is 0.290 e. The average Bonchev–Trinajstić information content (AvgIpc) is 1.35. The summed E-state index contributed by atoms with van der Waals surface area (Å²) >= 11 is 0. The van der Waals surface area contributed by atoms with Crippen LogP contribution < -0.4 is 48.9 Å². The summed E-state index contributed by atoms with van der Waals surface area (Å²) in [5.74, 6) is 2.99. The molecule has 9 aromatic rings. The fraction of sp³-hybridized carbons (Fsp3) is 0.269. The Morgan fingerprint density at radius 2 is 0.667 bits per heavy atom. The molecular weight excluding hydrogens is 1440 g/mol. The third-order valence-electron chi connectivity index (χ3n) is 19.9. The molecular formula is C108H122O9. The molecule has 117 heavy (non-hydrogen) atoms. The quantitative estimate of drug-likeness (QED) is 0.0860. The molecule has 0 aliphatic heterocycles. The van der Waals surface area contributed by atoms with Crippen molar-refractivity contribution in [2.75, 3.05) is 0 Å². The summed E-state index contributed by atoms with van der Waals surface area (Å²) in [6.45, 7) is 42.2. The van der Waals surface area contributed by atoms with Crippen LogP contribution in [0.4, 0.5) is 0 Å². The van der Waals surface area contributed by atoms with Gasteiger partial charge in [0.1, 0.15) is 0 Å². The molecule has 4 aliphatic carbocycles. The van der Waals surface area contributed by atoms with Gasteiger partial charge in [-0.05, 0) is 332 Å². The van der Waals surface area contributed by atoms with E-state index in [4.69, 9.17) is 0 Å². The Kier molecular flexibility index (Phi) is 42.4. The average molecular weight is 1560 g/mol. The minimum absolute atomic E-state index is 0.0783. The normalized spacial score (nSPS) is 14.4. The Labute approximate surface area is 695 Å². The van der Waals surface area contributed by atoms with E-state index in [0.717, 1.165) is 168 Å². The molecule has 9 nitrogen and oxygen atoms in total. The first-order valence-corrected chi connectivity index (χ1v) is 40.4. The van der Waals surface area contributed by atoms with E-state index in [1.54, 1.807) is 48.5 Å². The molecule has 0 amide bonds. The molecule has 608 valence electrons. The van der Waals surface area contributed by atoms with E-state index in [1.165, 1.54) is 11.1 Å². The second kappa shape index (κ2) is 51.0. The molecule has 0 atom stereocenters. The Morgan fingerprint density at radius 1 is 0.359 bits per heavy atom. The van der Waals surface area contributed by atoms with Gasteiger partial charge in [0.25, 0.3) is 0 Å². The summed E-state index contributed by atoms with van der Waals surface area (Å²) in [6, 6.07) is 67.1. The van der Waals surface area contributed by atoms with E-state index >= 15 is 0 Å². The van der Waals surface area contributed by atoms with Crippen molar-refractivity contribution in [2.24, 2.45) is 17.8 Å². The molecule has 4 fully saturated rings. The van der Waals surface area contributed by atoms with Crippen molar-refractivity contribution >= 4 is 29.4 Å². The third kappa shape index (κ3) is 34.1. The van der Waals surface area contributed by atoms with Crippen molar-refractivity contribution < 1.29 is 0 Å². The zero-order valence-electron chi connectivity index (χ0n) is 72.4. The van der Waals surface area contributed by atoms with Gasteiger partial charge >= 0.3 is 0 Å². The number of hydrogen-bond acceptors (Lipinski definition) is 9. The van der Waals surface area contributed by atoms with E-state index in [9.17, 15) is 43.2 Å². The van der Waals surface area contributed by atoms with Crippen LogP contribution in [0, 0.1) is 80.1 Å². The number of hydrogen-bond donors (Lipinski definition) is 0. The van der Waals surface area contributed by atoms with Gasteiger partial charge in [-0.1, -0.05) is 264 Å². The molecule has 0 spiro atoms. The van der Waals surface area contributed by atoms with E-state index in [1.807, 2.05) is 341 Å². The van der Waals surface area contributed by atoms with Crippen LogP contribution in [0.1, 0.15) is 188 Å². The van der Waals surface area contributed by atoms with Gasteiger partial charge in [-0.3, -0.25) is 43.2 Å². The lowest BCUT2D eigenvalue weighted by atomic mass is 10.1. The first kappa shape index (κ1) is 97.3. The van der Waals surface area contributed by atoms with E-state index < -0.39 is 0 Å². The van der Waals surface area contributed by atoms with Gasteiger partial charge in [0.05, 0.1) is 0 Å². The standard InChI is InChI=1S/C12H10O.8C12H14O/c1-6-3-2-4-7(5-8(6)13)12-9-10(12)11(9)12;1-9(2)7-11-6-4-5-10(3)12(13)8-11;2*1-4-9(2)11-7-5-6-10(3)12(13)8-11;5*1-3-4-7-11-8-5-6-10(2)12(13)9-11/h2-5,9-11H,1H3;2*4-8H,1-3H3;5-8H,2,4H2,1,3H3;2*4-9H,3H2,1-2H3;2*3-6,8-9H,7H2,1-2H3;3,5-6,8-9H,1,4,7H2,2H3/b;;9-4+;;7-4+;7-4-;4-3+;4-3-;. The molecule has 0 radical (unpaired) electrons. The molecule has 0 bridgehead atoms. The van der Waals surface area contributed by atoms with Gasteiger partial charge < -0.3 is 0 Å². The zero-order chi connectivity index (χ0) is 86.7. The minimum Gasteiger partial charge on any atom is -0.290 e. The second-order valence-corrected chi connectivity index (χ2v) is 29.7. The fourth-order valence-corrected chi connectivity index (χ4v) is 11.7. The van der Waals surface area contributed by atoms with Gasteiger partial charge in [-0.25, -0.2) is 0 Å². The highest BCUT2D eigenvalue weighted by atomic mass is 16.1. The molecule has 0 unspecified atom stereocenters. The predicted octanol–water partition coefficient (Wildman–Crippen LogP) is 22.8. The maximum Gasteiger partial charge on any atom is 0.182 e. The number of aryl methyl sites for hydroxylation is 10. The SMILES string of the molecule is C/C=C(\C)c1cccc(C)c(=O)c1.C/C=C/Cc1cccc(C)c(=O)c1.C/C=C\Cc1cccc(C)c(=O)c1.C=C(CC)c1cccc(C)c(=O)c1.C=CCCc1cccc(C)c(=O)c1.CC(C)=Cc1cccc(C)c(=O)c1.CC/C=C/c1cccc(C)c(=O)c1.CC/C=C\c1cccc(C)c(=O)c1.Cc1cccc(C23C4C2C43)cc1=O. The Balaban J connectivity index is 0.000000277. The third-order valence-corrected chi connectivity index (χ3v) is 19.9. The van der Waals surface area contributed by atoms with Gasteiger partial charge in [-0.15, -0.1) is 6.58 Å². The molecule has 0 N–H and O–H groups in total. The predicted molar refractivity (Wildman–Crippen MR) is 501 cm³/mol. The summed E-state index contributed by atoms with van der Waals surface area (Å²) in [7, 11) is 0. The van der Waals surface area contributed by atoms with E-state index in [0.29, 0.717) is 5.41 Å². The van der Waals surface area contributed by atoms with Crippen LogP contribution in [-0.4, -0.2) is 0 Å². The maximum absolute atomic E-state index is 11.5. The van der Waals surface area contributed by atoms with Gasteiger partial charge in [0.2, 0.25) is 0 Å². The Morgan fingerprint density at radius 3 is 1.02 bits per heavy atom. The highest BCUT2D eigenvalue weighted by Crippen LogP contribution is 3.08. The zero-order valence-corrected chi connectivity index (χ0v) is 72.4. The lowest BCUT2D eigenvalue weighted by molar-refractivity contribution is 1.00. The summed E-state index contributed by atoms with van der Waals surface area (Å²) in [4.78, 5) is 103. The number of allylic oxidation sites excluding steroid dienone is 11. The van der Waals surface area contributed by atoms with Crippen LogP contribution in [0.15, 0.2) is 329 Å². The Hall–Kier alpha value is -12.1. The molecule has 0 saturated heterocycles. The summed E-state index contributed by atoms with van der Waals surface area (Å²) in [5.41, 5.74) is 21.5. The summed E-state index contributed by atoms with van der Waals surface area (Å²) < 4.78 is 0. The summed E-state index contributed by atoms with van der Waals surface area (Å²) in [5, 5.41) is 0. The van der Waals surface area contributed by atoms with Gasteiger partial charge in [-0.2, -0.15) is 0 Å². The van der Waals surface area contributed by atoms with Crippen molar-refractivity contribution in [3.63, 3.8) is 0 Å². The molecule has 9 heteroatoms. The monoisotopic (exact) mass is 1560 g/mol. The van der Waals surface area contributed by atoms with Crippen LogP contribution in [0.25, 0.3) is 29.4 Å². The fourth-order valence-electron chi connectivity index (χ4n) is 11.7. The Bertz CT molecular complexity index is 5480. The molecule has 4 aliphatic rings. The molecule has 0 aromatic heterocycles. The van der Waals surface area contributed by atoms with Crippen LogP contribution in [0.3, 0.4) is 0 Å². The molecule has 0 heterocycles. The van der Waals surface area contributed by atoms with Crippen molar-refractivity contribution in [1.29, 1.82) is 0 Å². The smallest absolute Gasteiger partial charge is 0.182 e. The minimum atomic E-state index is 0.0783. The van der Waals surface area contributed by atoms with E-state index in [-0.39, 0.29) is 48.9 Å². The van der Waals surface area contributed by atoms with Crippen LogP contribution in [0.5, 0.6) is 0 Å². The van der Waals surface area contributed by atoms with Crippen LogP contribution >= 0.6 is 0 Å². The maximum atomic E-state index is 11.5. The summed E-state index contributed by atoms with van der Waals surface area (Å²) in [6.07, 6.45) is 28.3. The molecule has 9 aromatic carbocycles. The highest BCUT2D eigenvalue weighted by molar-refractivity contribution is 5.68. The van der Waals surface area contributed by atoms with E-state index in [2.05, 4.69) is 33.1 Å². The number of rotatable bonds is 16. The lowest BCUT2D eigenvalue weighted by Gasteiger charge is -1.96. The molecule has 13 rings (SSSR count). The van der Waals surface area contributed by atoms with Crippen molar-refractivity contribution in [3.05, 3.63) is 478 Å². The first-order chi connectivity index (χ1) is 55.8. The van der Waals surface area contributed by atoms with Crippen LogP contribution in [0.2, 0.25) is 0 Å². The second-order valence-electron chi connectivity index (χ2n) is 29.7.